The summed E-state index contributed by atoms with van der Waals surface area (Å²) in [6, 6.07) is 11.1. The van der Waals surface area contributed by atoms with Crippen molar-refractivity contribution >= 4 is 5.97 Å². The van der Waals surface area contributed by atoms with Crippen LogP contribution in [-0.2, 0) is 16.0 Å². The number of methoxy groups -OCH3 is 1. The fourth-order valence-electron chi connectivity index (χ4n) is 1.62. The number of ether oxygens (including phenoxy) is 2. The largest absolute Gasteiger partial charge is 0.469 e. The Kier molecular flexibility index (Phi) is 4.13. The summed E-state index contributed by atoms with van der Waals surface area (Å²) in [5.74, 6) is 0.986. The Hall–Kier alpha value is -2.36. The number of hydrogen-bond donors (Lipinski definition) is 0. The quantitative estimate of drug-likeness (QED) is 0.790. The van der Waals surface area contributed by atoms with Crippen molar-refractivity contribution in [1.82, 2.24) is 4.98 Å². The van der Waals surface area contributed by atoms with E-state index in [1.165, 1.54) is 7.11 Å². The zero-order valence-electron chi connectivity index (χ0n) is 10.9. The van der Waals surface area contributed by atoms with Gasteiger partial charge in [-0.25, -0.2) is 0 Å². The van der Waals surface area contributed by atoms with Gasteiger partial charge in [-0.1, -0.05) is 18.2 Å². The van der Waals surface area contributed by atoms with E-state index in [-0.39, 0.29) is 12.4 Å². The molecule has 0 spiro atoms. The van der Waals surface area contributed by atoms with Gasteiger partial charge < -0.3 is 9.47 Å². The average molecular weight is 257 g/mol. The molecule has 0 saturated carbocycles. The maximum Gasteiger partial charge on any atom is 0.310 e. The van der Waals surface area contributed by atoms with Gasteiger partial charge in [-0.2, -0.15) is 0 Å². The predicted molar refractivity (Wildman–Crippen MR) is 71.2 cm³/mol. The number of benzene rings is 1. The number of carbonyl (C=O) groups is 1. The van der Waals surface area contributed by atoms with Crippen molar-refractivity contribution < 1.29 is 14.3 Å². The van der Waals surface area contributed by atoms with Gasteiger partial charge in [0.05, 0.1) is 19.7 Å². The third-order valence-electron chi connectivity index (χ3n) is 2.65. The number of aryl methyl sites for hydroxylation is 1. The fourth-order valence-corrected chi connectivity index (χ4v) is 1.62. The number of hydrogen-bond acceptors (Lipinski definition) is 4. The summed E-state index contributed by atoms with van der Waals surface area (Å²) in [6.07, 6.45) is 1.84. The fraction of sp³-hybridized carbons (Fsp3) is 0.200. The van der Waals surface area contributed by atoms with Crippen LogP contribution < -0.4 is 4.74 Å². The zero-order valence-corrected chi connectivity index (χ0v) is 10.9. The molecule has 2 rings (SSSR count). The van der Waals surface area contributed by atoms with Crippen LogP contribution in [0.3, 0.4) is 0 Å². The first-order valence-corrected chi connectivity index (χ1v) is 5.94. The van der Waals surface area contributed by atoms with Crippen molar-refractivity contribution in [2.75, 3.05) is 7.11 Å². The highest BCUT2D eigenvalue weighted by molar-refractivity contribution is 5.73. The summed E-state index contributed by atoms with van der Waals surface area (Å²) in [7, 11) is 1.37. The summed E-state index contributed by atoms with van der Waals surface area (Å²) >= 11 is 0. The van der Waals surface area contributed by atoms with Gasteiger partial charge in [-0.3, -0.25) is 9.78 Å². The van der Waals surface area contributed by atoms with Gasteiger partial charge in [0.15, 0.2) is 0 Å². The van der Waals surface area contributed by atoms with Crippen LogP contribution in [-0.4, -0.2) is 18.1 Å². The Morgan fingerprint density at radius 1 is 1.21 bits per heavy atom. The predicted octanol–water partition coefficient (Wildman–Crippen LogP) is 2.90. The minimum absolute atomic E-state index is 0.186. The summed E-state index contributed by atoms with van der Waals surface area (Å²) in [4.78, 5) is 15.5. The molecule has 0 radical (unpaired) electrons. The molecule has 4 heteroatoms. The second kappa shape index (κ2) is 6.00. The summed E-state index contributed by atoms with van der Waals surface area (Å²) in [5, 5.41) is 0. The van der Waals surface area contributed by atoms with E-state index in [1.54, 1.807) is 6.20 Å². The van der Waals surface area contributed by atoms with Gasteiger partial charge in [0.1, 0.15) is 11.5 Å². The normalized spacial score (nSPS) is 10.0. The van der Waals surface area contributed by atoms with Crippen LogP contribution in [0.25, 0.3) is 0 Å². The minimum atomic E-state index is -0.293. The van der Waals surface area contributed by atoms with Gasteiger partial charge in [0.25, 0.3) is 0 Å². The van der Waals surface area contributed by atoms with Crippen LogP contribution >= 0.6 is 0 Å². The molecule has 19 heavy (non-hydrogen) atoms. The van der Waals surface area contributed by atoms with Crippen LogP contribution in [0, 0.1) is 6.92 Å². The molecule has 0 aliphatic heterocycles. The van der Waals surface area contributed by atoms with E-state index in [2.05, 4.69) is 9.72 Å². The van der Waals surface area contributed by atoms with Crippen LogP contribution in [0.2, 0.25) is 0 Å². The maximum atomic E-state index is 11.3. The van der Waals surface area contributed by atoms with E-state index in [0.717, 1.165) is 11.3 Å². The first-order chi connectivity index (χ1) is 9.19. The highest BCUT2D eigenvalue weighted by Crippen LogP contribution is 2.25. The Balaban J connectivity index is 2.20. The van der Waals surface area contributed by atoms with E-state index in [9.17, 15) is 4.79 Å². The van der Waals surface area contributed by atoms with Crippen LogP contribution in [0.1, 0.15) is 11.3 Å². The first-order valence-electron chi connectivity index (χ1n) is 5.94. The van der Waals surface area contributed by atoms with Crippen molar-refractivity contribution in [3.63, 3.8) is 0 Å². The van der Waals surface area contributed by atoms with E-state index in [0.29, 0.717) is 11.5 Å². The average Bonchev–Trinajstić information content (AvgIpc) is 2.43. The Morgan fingerprint density at radius 3 is 2.68 bits per heavy atom. The Bertz CT molecular complexity index is 564. The standard InChI is InChI=1S/C15H15NO3/c1-11-7-8-13(10-16-11)19-14-6-4-3-5-12(14)9-15(17)18-2/h3-8,10H,9H2,1-2H3. The Morgan fingerprint density at radius 2 is 2.00 bits per heavy atom. The lowest BCUT2D eigenvalue weighted by Gasteiger charge is -2.10. The van der Waals surface area contributed by atoms with E-state index in [4.69, 9.17) is 4.74 Å². The van der Waals surface area contributed by atoms with E-state index >= 15 is 0 Å². The number of para-hydroxylation sites is 1. The van der Waals surface area contributed by atoms with E-state index in [1.807, 2.05) is 43.3 Å². The van der Waals surface area contributed by atoms with Crippen LogP contribution in [0.15, 0.2) is 42.6 Å². The molecule has 0 unspecified atom stereocenters. The molecular formula is C15H15NO3. The topological polar surface area (TPSA) is 48.4 Å². The van der Waals surface area contributed by atoms with E-state index < -0.39 is 0 Å². The molecule has 0 aliphatic carbocycles. The van der Waals surface area contributed by atoms with Gasteiger partial charge in [0, 0.05) is 11.3 Å². The lowest BCUT2D eigenvalue weighted by Crippen LogP contribution is -2.05. The number of esters is 1. The van der Waals surface area contributed by atoms with Crippen LogP contribution in [0.4, 0.5) is 0 Å². The van der Waals surface area contributed by atoms with Crippen molar-refractivity contribution in [3.8, 4) is 11.5 Å². The monoisotopic (exact) mass is 257 g/mol. The molecule has 0 bridgehead atoms. The molecule has 1 aromatic carbocycles. The molecule has 98 valence electrons. The third kappa shape index (κ3) is 3.55. The lowest BCUT2D eigenvalue weighted by atomic mass is 10.1. The molecule has 0 fully saturated rings. The molecule has 1 heterocycles. The molecule has 2 aromatic rings. The van der Waals surface area contributed by atoms with Crippen molar-refractivity contribution in [1.29, 1.82) is 0 Å². The van der Waals surface area contributed by atoms with Gasteiger partial charge in [0.2, 0.25) is 0 Å². The number of aromatic nitrogens is 1. The molecule has 0 N–H and O–H groups in total. The van der Waals surface area contributed by atoms with Crippen molar-refractivity contribution in [3.05, 3.63) is 53.9 Å². The second-order valence-electron chi connectivity index (χ2n) is 4.10. The first kappa shape index (κ1) is 13.1. The molecule has 1 aromatic heterocycles. The van der Waals surface area contributed by atoms with Gasteiger partial charge in [-0.05, 0) is 25.1 Å². The number of nitrogens with zero attached hydrogens (tertiary/aromatic N) is 1. The number of pyridine rings is 1. The van der Waals surface area contributed by atoms with Crippen molar-refractivity contribution in [2.45, 2.75) is 13.3 Å². The van der Waals surface area contributed by atoms with Gasteiger partial charge >= 0.3 is 5.97 Å². The molecule has 0 atom stereocenters. The highest BCUT2D eigenvalue weighted by atomic mass is 16.5. The smallest absolute Gasteiger partial charge is 0.310 e. The summed E-state index contributed by atoms with van der Waals surface area (Å²) < 4.78 is 10.4. The second-order valence-corrected chi connectivity index (χ2v) is 4.10. The van der Waals surface area contributed by atoms with Crippen molar-refractivity contribution in [2.24, 2.45) is 0 Å². The number of rotatable bonds is 4. The summed E-state index contributed by atoms with van der Waals surface area (Å²) in [5.41, 5.74) is 1.71. The Labute approximate surface area is 112 Å². The molecule has 0 amide bonds. The zero-order chi connectivity index (χ0) is 13.7. The molecular weight excluding hydrogens is 242 g/mol. The molecule has 4 nitrogen and oxygen atoms in total. The molecule has 0 aliphatic rings. The van der Waals surface area contributed by atoms with Crippen LogP contribution in [0.5, 0.6) is 11.5 Å². The minimum Gasteiger partial charge on any atom is -0.469 e. The maximum absolute atomic E-state index is 11.3. The van der Waals surface area contributed by atoms with Gasteiger partial charge in [-0.15, -0.1) is 0 Å². The third-order valence-corrected chi connectivity index (χ3v) is 2.65. The SMILES string of the molecule is COC(=O)Cc1ccccc1Oc1ccc(C)nc1. The number of carbonyl (C=O) groups excluding carboxylic acids is 1. The summed E-state index contributed by atoms with van der Waals surface area (Å²) in [6.45, 7) is 1.91. The lowest BCUT2D eigenvalue weighted by molar-refractivity contribution is -0.139. The highest BCUT2D eigenvalue weighted by Gasteiger charge is 2.09. The molecule has 0 saturated heterocycles.